The number of esters is 1. The van der Waals surface area contributed by atoms with Crippen molar-refractivity contribution in [3.63, 3.8) is 0 Å². The average Bonchev–Trinajstić information content (AvgIpc) is 2.85. The summed E-state index contributed by atoms with van der Waals surface area (Å²) in [7, 11) is 1.37. The number of carbonyl (C=O) groups excluding carboxylic acids is 2. The predicted octanol–water partition coefficient (Wildman–Crippen LogP) is 2.15. The van der Waals surface area contributed by atoms with E-state index in [9.17, 15) is 9.59 Å². The molecule has 18 heavy (non-hydrogen) atoms. The Bertz CT molecular complexity index is 455. The smallest absolute Gasteiger partial charge is 0.333 e. The van der Waals surface area contributed by atoms with Crippen molar-refractivity contribution in [2.45, 2.75) is 32.2 Å². The van der Waals surface area contributed by atoms with Gasteiger partial charge in [-0.25, -0.2) is 4.79 Å². The normalized spacial score (nSPS) is 18.3. The molecule has 1 aromatic heterocycles. The van der Waals surface area contributed by atoms with Gasteiger partial charge in [0.1, 0.15) is 0 Å². The number of methoxy groups -OCH3 is 1. The minimum Gasteiger partial charge on any atom is -0.467 e. The van der Waals surface area contributed by atoms with E-state index in [0.717, 1.165) is 18.4 Å². The first kappa shape index (κ1) is 13.1. The standard InChI is InChI=1S/C13H17NO3S/c1-3-4-11(15)14-7-5-10-9(6-8-18-10)12(14)13(16)17-2/h6,8,12H,3-5,7H2,1-2H3/t12-/m1/s1. The zero-order valence-corrected chi connectivity index (χ0v) is 11.5. The molecule has 2 rings (SSSR count). The van der Waals surface area contributed by atoms with Crippen LogP contribution >= 0.6 is 11.3 Å². The van der Waals surface area contributed by atoms with Gasteiger partial charge in [0.25, 0.3) is 0 Å². The Morgan fingerprint density at radius 2 is 2.33 bits per heavy atom. The van der Waals surface area contributed by atoms with Crippen LogP contribution in [0.15, 0.2) is 11.4 Å². The highest BCUT2D eigenvalue weighted by atomic mass is 32.1. The molecule has 1 amide bonds. The van der Waals surface area contributed by atoms with Crippen molar-refractivity contribution >= 4 is 23.2 Å². The van der Waals surface area contributed by atoms with Crippen molar-refractivity contribution in [1.29, 1.82) is 0 Å². The van der Waals surface area contributed by atoms with E-state index in [0.29, 0.717) is 13.0 Å². The topological polar surface area (TPSA) is 46.6 Å². The molecule has 0 bridgehead atoms. The molecule has 0 spiro atoms. The lowest BCUT2D eigenvalue weighted by Crippen LogP contribution is -2.43. The van der Waals surface area contributed by atoms with Gasteiger partial charge in [-0.3, -0.25) is 4.79 Å². The summed E-state index contributed by atoms with van der Waals surface area (Å²) in [5.74, 6) is -0.316. The van der Waals surface area contributed by atoms with Gasteiger partial charge in [0.15, 0.2) is 6.04 Å². The van der Waals surface area contributed by atoms with Crippen LogP contribution in [0.4, 0.5) is 0 Å². The number of fused-ring (bicyclic) bond motifs is 1. The molecule has 0 saturated heterocycles. The molecule has 0 N–H and O–H groups in total. The van der Waals surface area contributed by atoms with Gasteiger partial charge in [-0.1, -0.05) is 6.92 Å². The van der Waals surface area contributed by atoms with Gasteiger partial charge in [-0.15, -0.1) is 11.3 Å². The second-order valence-electron chi connectivity index (χ2n) is 4.31. The highest BCUT2D eigenvalue weighted by molar-refractivity contribution is 7.10. The van der Waals surface area contributed by atoms with Gasteiger partial charge in [0.2, 0.25) is 5.91 Å². The molecule has 2 heterocycles. The summed E-state index contributed by atoms with van der Waals surface area (Å²) in [6.07, 6.45) is 2.10. The fraction of sp³-hybridized carbons (Fsp3) is 0.538. The molecule has 1 aliphatic heterocycles. The molecule has 0 aromatic carbocycles. The van der Waals surface area contributed by atoms with E-state index in [1.165, 1.54) is 12.0 Å². The minimum absolute atomic E-state index is 0.0322. The molecule has 0 saturated carbocycles. The lowest BCUT2D eigenvalue weighted by atomic mass is 9.99. The molecule has 4 nitrogen and oxygen atoms in total. The van der Waals surface area contributed by atoms with Crippen LogP contribution in [0.5, 0.6) is 0 Å². The molecule has 0 fully saturated rings. The van der Waals surface area contributed by atoms with Gasteiger partial charge in [-0.2, -0.15) is 0 Å². The van der Waals surface area contributed by atoms with Crippen LogP contribution in [0, 0.1) is 0 Å². The Morgan fingerprint density at radius 1 is 1.56 bits per heavy atom. The lowest BCUT2D eigenvalue weighted by molar-refractivity contribution is -0.153. The van der Waals surface area contributed by atoms with E-state index in [4.69, 9.17) is 4.74 Å². The number of rotatable bonds is 3. The minimum atomic E-state index is -0.552. The third kappa shape index (κ3) is 2.27. The van der Waals surface area contributed by atoms with Gasteiger partial charge in [0, 0.05) is 17.8 Å². The Kier molecular flexibility index (Phi) is 4.01. The number of hydrogen-bond acceptors (Lipinski definition) is 4. The number of thiophene rings is 1. The van der Waals surface area contributed by atoms with E-state index < -0.39 is 6.04 Å². The summed E-state index contributed by atoms with van der Waals surface area (Å²) >= 11 is 1.64. The van der Waals surface area contributed by atoms with E-state index in [1.54, 1.807) is 16.2 Å². The van der Waals surface area contributed by atoms with Crippen LogP contribution in [0.25, 0.3) is 0 Å². The van der Waals surface area contributed by atoms with Gasteiger partial charge >= 0.3 is 5.97 Å². The van der Waals surface area contributed by atoms with Crippen molar-refractivity contribution < 1.29 is 14.3 Å². The number of ether oxygens (including phenoxy) is 1. The van der Waals surface area contributed by atoms with Crippen molar-refractivity contribution in [3.05, 3.63) is 21.9 Å². The van der Waals surface area contributed by atoms with Crippen LogP contribution in [-0.4, -0.2) is 30.4 Å². The second-order valence-corrected chi connectivity index (χ2v) is 5.31. The summed E-state index contributed by atoms with van der Waals surface area (Å²) in [6, 6.07) is 1.37. The molecule has 1 aliphatic rings. The molecular formula is C13H17NO3S. The largest absolute Gasteiger partial charge is 0.467 e. The van der Waals surface area contributed by atoms with Gasteiger partial charge in [-0.05, 0) is 29.9 Å². The third-order valence-electron chi connectivity index (χ3n) is 3.17. The number of amides is 1. The average molecular weight is 267 g/mol. The van der Waals surface area contributed by atoms with E-state index in [1.807, 2.05) is 18.4 Å². The van der Waals surface area contributed by atoms with Crippen LogP contribution < -0.4 is 0 Å². The Morgan fingerprint density at radius 3 is 3.00 bits per heavy atom. The molecule has 0 unspecified atom stereocenters. The highest BCUT2D eigenvalue weighted by Gasteiger charge is 2.36. The molecule has 5 heteroatoms. The predicted molar refractivity (Wildman–Crippen MR) is 69.4 cm³/mol. The zero-order valence-electron chi connectivity index (χ0n) is 10.6. The quantitative estimate of drug-likeness (QED) is 0.788. The highest BCUT2D eigenvalue weighted by Crippen LogP contribution is 2.34. The molecule has 1 atom stereocenters. The maximum Gasteiger partial charge on any atom is 0.333 e. The fourth-order valence-corrected chi connectivity index (χ4v) is 3.21. The molecule has 0 radical (unpaired) electrons. The Labute approximate surface area is 111 Å². The van der Waals surface area contributed by atoms with Crippen molar-refractivity contribution in [2.75, 3.05) is 13.7 Å². The summed E-state index contributed by atoms with van der Waals surface area (Å²) in [5.41, 5.74) is 0.933. The van der Waals surface area contributed by atoms with E-state index in [2.05, 4.69) is 0 Å². The monoisotopic (exact) mass is 267 g/mol. The van der Waals surface area contributed by atoms with Crippen molar-refractivity contribution in [1.82, 2.24) is 4.90 Å². The zero-order chi connectivity index (χ0) is 13.1. The first-order chi connectivity index (χ1) is 8.69. The number of nitrogens with zero attached hydrogens (tertiary/aromatic N) is 1. The number of hydrogen-bond donors (Lipinski definition) is 0. The molecule has 1 aromatic rings. The molecular weight excluding hydrogens is 250 g/mol. The molecule has 0 aliphatic carbocycles. The fourth-order valence-electron chi connectivity index (χ4n) is 2.31. The second kappa shape index (κ2) is 5.52. The molecule has 98 valence electrons. The van der Waals surface area contributed by atoms with Crippen molar-refractivity contribution in [3.8, 4) is 0 Å². The van der Waals surface area contributed by atoms with Crippen LogP contribution in [0.3, 0.4) is 0 Å². The first-order valence-corrected chi connectivity index (χ1v) is 7.00. The Balaban J connectivity index is 2.31. The summed E-state index contributed by atoms with van der Waals surface area (Å²) in [6.45, 7) is 2.57. The summed E-state index contributed by atoms with van der Waals surface area (Å²) in [4.78, 5) is 26.9. The van der Waals surface area contributed by atoms with Crippen molar-refractivity contribution in [2.24, 2.45) is 0 Å². The first-order valence-electron chi connectivity index (χ1n) is 6.12. The number of carbonyl (C=O) groups is 2. The summed E-state index contributed by atoms with van der Waals surface area (Å²) < 4.78 is 4.85. The summed E-state index contributed by atoms with van der Waals surface area (Å²) in [5, 5.41) is 1.97. The third-order valence-corrected chi connectivity index (χ3v) is 4.17. The van der Waals surface area contributed by atoms with Crippen LogP contribution in [0.1, 0.15) is 36.2 Å². The van der Waals surface area contributed by atoms with Gasteiger partial charge in [0.05, 0.1) is 7.11 Å². The van der Waals surface area contributed by atoms with Gasteiger partial charge < -0.3 is 9.64 Å². The SMILES string of the molecule is CCCC(=O)N1CCc2sccc2[C@@H]1C(=O)OC. The van der Waals surface area contributed by atoms with Crippen LogP contribution in [-0.2, 0) is 20.7 Å². The van der Waals surface area contributed by atoms with E-state index >= 15 is 0 Å². The Hall–Kier alpha value is -1.36. The lowest BCUT2D eigenvalue weighted by Gasteiger charge is -2.34. The van der Waals surface area contributed by atoms with E-state index in [-0.39, 0.29) is 11.9 Å². The van der Waals surface area contributed by atoms with Crippen LogP contribution in [0.2, 0.25) is 0 Å². The maximum atomic E-state index is 12.1. The maximum absolute atomic E-state index is 12.1.